The second-order valence-electron chi connectivity index (χ2n) is 7.30. The average molecular weight is 502 g/mol. The van der Waals surface area contributed by atoms with Crippen LogP contribution in [-0.2, 0) is 6.54 Å². The van der Waals surface area contributed by atoms with Gasteiger partial charge < -0.3 is 28.9 Å². The first-order valence-electron chi connectivity index (χ1n) is 9.73. The third-order valence-corrected chi connectivity index (χ3v) is 6.56. The molecule has 0 radical (unpaired) electrons. The highest BCUT2D eigenvalue weighted by molar-refractivity contribution is 8.03. The summed E-state index contributed by atoms with van der Waals surface area (Å²) in [4.78, 5) is 3.80. The lowest BCUT2D eigenvalue weighted by molar-refractivity contribution is -0.669. The van der Waals surface area contributed by atoms with Crippen molar-refractivity contribution in [3.63, 3.8) is 0 Å². The van der Waals surface area contributed by atoms with Gasteiger partial charge in [0.25, 0.3) is 0 Å². The van der Waals surface area contributed by atoms with Crippen LogP contribution in [0.15, 0.2) is 52.4 Å². The summed E-state index contributed by atoms with van der Waals surface area (Å²) in [5, 5.41) is 2.62. The van der Waals surface area contributed by atoms with Gasteiger partial charge in [-0.25, -0.2) is 0 Å². The Hall–Kier alpha value is -1.53. The van der Waals surface area contributed by atoms with E-state index in [1.165, 1.54) is 48.9 Å². The highest BCUT2D eigenvalue weighted by Gasteiger charge is 2.26. The van der Waals surface area contributed by atoms with Crippen molar-refractivity contribution in [2.75, 3.05) is 11.4 Å². The number of fused-ring (bicyclic) bond motifs is 2. The molecular formula is C24H27IN2S. The fourth-order valence-corrected chi connectivity index (χ4v) is 5.10. The van der Waals surface area contributed by atoms with Crippen molar-refractivity contribution in [1.29, 1.82) is 0 Å². The SMILES string of the molecule is CCN1/C(=C/c2ccc3cc(C)ccc3[n+]2CC)Sc2cc(C)c(C)cc21.[I-]. The molecule has 0 amide bonds. The van der Waals surface area contributed by atoms with Gasteiger partial charge in [0.15, 0.2) is 0 Å². The zero-order valence-electron chi connectivity index (χ0n) is 17.2. The Morgan fingerprint density at radius 2 is 1.71 bits per heavy atom. The topological polar surface area (TPSA) is 7.12 Å². The monoisotopic (exact) mass is 502 g/mol. The number of pyridine rings is 1. The average Bonchev–Trinajstić information content (AvgIpc) is 2.97. The molecule has 2 nitrogen and oxygen atoms in total. The molecule has 4 rings (SSSR count). The number of hydrogen-bond donors (Lipinski definition) is 0. The largest absolute Gasteiger partial charge is 1.00 e. The summed E-state index contributed by atoms with van der Waals surface area (Å²) in [5.74, 6) is 0. The Labute approximate surface area is 189 Å². The Kier molecular flexibility index (Phi) is 6.40. The molecule has 146 valence electrons. The fourth-order valence-electron chi connectivity index (χ4n) is 3.85. The van der Waals surface area contributed by atoms with Crippen LogP contribution < -0.4 is 33.4 Å². The van der Waals surface area contributed by atoms with Crippen LogP contribution in [0, 0.1) is 20.8 Å². The Bertz CT molecular complexity index is 1070. The summed E-state index contributed by atoms with van der Waals surface area (Å²) in [6.45, 7) is 12.9. The minimum absolute atomic E-state index is 0. The van der Waals surface area contributed by atoms with Crippen LogP contribution in [0.5, 0.6) is 0 Å². The molecule has 1 aromatic heterocycles. The molecule has 0 saturated heterocycles. The van der Waals surface area contributed by atoms with Crippen LogP contribution in [0.4, 0.5) is 5.69 Å². The molecule has 3 aromatic rings. The maximum atomic E-state index is 2.44. The van der Waals surface area contributed by atoms with Gasteiger partial charge in [-0.15, -0.1) is 0 Å². The first-order chi connectivity index (χ1) is 13.0. The van der Waals surface area contributed by atoms with Crippen molar-refractivity contribution >= 4 is 34.4 Å². The number of hydrogen-bond acceptors (Lipinski definition) is 2. The Balaban J connectivity index is 0.00000225. The molecule has 0 bridgehead atoms. The van der Waals surface area contributed by atoms with Crippen molar-refractivity contribution in [1.82, 2.24) is 0 Å². The van der Waals surface area contributed by atoms with Crippen LogP contribution in [0.1, 0.15) is 36.2 Å². The number of nitrogens with zero attached hydrogens (tertiary/aromatic N) is 2. The summed E-state index contributed by atoms with van der Waals surface area (Å²) in [6, 6.07) is 15.9. The highest BCUT2D eigenvalue weighted by Crippen LogP contribution is 2.47. The van der Waals surface area contributed by atoms with Crippen molar-refractivity contribution in [3.05, 3.63) is 69.9 Å². The minimum Gasteiger partial charge on any atom is -1.00 e. The van der Waals surface area contributed by atoms with E-state index in [-0.39, 0.29) is 24.0 Å². The number of aryl methyl sites for hydroxylation is 4. The maximum Gasteiger partial charge on any atom is 0.212 e. The summed E-state index contributed by atoms with van der Waals surface area (Å²) >= 11 is 1.89. The zero-order chi connectivity index (χ0) is 19.1. The highest BCUT2D eigenvalue weighted by atomic mass is 127. The number of aromatic nitrogens is 1. The summed E-state index contributed by atoms with van der Waals surface area (Å²) in [5.41, 5.74) is 7.93. The predicted octanol–water partition coefficient (Wildman–Crippen LogP) is 3.01. The van der Waals surface area contributed by atoms with E-state index in [1.807, 2.05) is 11.8 Å². The standard InChI is InChI=1S/C24H27N2S.HI/c1-6-25-20(10-9-19-12-16(3)8-11-21(19)25)15-24-26(7-2)22-13-17(4)18(5)14-23(22)27-24;/h8-15H,6-7H2,1-5H3;1H/q+1;/p-1. The number of rotatable bonds is 3. The molecule has 0 unspecified atom stereocenters. The van der Waals surface area contributed by atoms with E-state index < -0.39 is 0 Å². The van der Waals surface area contributed by atoms with Gasteiger partial charge in [0.05, 0.1) is 10.7 Å². The van der Waals surface area contributed by atoms with Crippen LogP contribution in [0.3, 0.4) is 0 Å². The molecule has 4 heteroatoms. The minimum atomic E-state index is 0. The smallest absolute Gasteiger partial charge is 0.212 e. The molecule has 0 atom stereocenters. The van der Waals surface area contributed by atoms with E-state index in [0.29, 0.717) is 0 Å². The lowest BCUT2D eigenvalue weighted by atomic mass is 10.1. The summed E-state index contributed by atoms with van der Waals surface area (Å²) in [6.07, 6.45) is 2.35. The van der Waals surface area contributed by atoms with Crippen LogP contribution in [-0.4, -0.2) is 6.54 Å². The first kappa shape index (κ1) is 21.2. The molecule has 0 aliphatic carbocycles. The van der Waals surface area contributed by atoms with Gasteiger partial charge in [-0.2, -0.15) is 4.57 Å². The number of thioether (sulfide) groups is 1. The van der Waals surface area contributed by atoms with Crippen molar-refractivity contribution in [3.8, 4) is 0 Å². The van der Waals surface area contributed by atoms with E-state index in [4.69, 9.17) is 0 Å². The molecular weight excluding hydrogens is 475 g/mol. The van der Waals surface area contributed by atoms with Gasteiger partial charge in [0.2, 0.25) is 11.2 Å². The molecule has 0 fully saturated rings. The lowest BCUT2D eigenvalue weighted by Crippen LogP contribution is -3.00. The van der Waals surface area contributed by atoms with Gasteiger partial charge in [-0.05, 0) is 70.0 Å². The molecule has 0 spiro atoms. The molecule has 1 aliphatic rings. The molecule has 28 heavy (non-hydrogen) atoms. The van der Waals surface area contributed by atoms with E-state index in [0.717, 1.165) is 13.1 Å². The molecule has 0 N–H and O–H groups in total. The molecule has 2 aromatic carbocycles. The second-order valence-corrected chi connectivity index (χ2v) is 8.36. The Morgan fingerprint density at radius 1 is 0.964 bits per heavy atom. The predicted molar refractivity (Wildman–Crippen MR) is 117 cm³/mol. The molecule has 0 saturated carbocycles. The number of benzene rings is 2. The van der Waals surface area contributed by atoms with E-state index in [9.17, 15) is 0 Å². The summed E-state index contributed by atoms with van der Waals surface area (Å²) in [7, 11) is 0. The van der Waals surface area contributed by atoms with Crippen molar-refractivity contribution < 1.29 is 28.5 Å². The number of halogens is 1. The van der Waals surface area contributed by atoms with E-state index >= 15 is 0 Å². The third-order valence-electron chi connectivity index (χ3n) is 5.47. The van der Waals surface area contributed by atoms with Crippen LogP contribution in [0.2, 0.25) is 0 Å². The normalized spacial score (nSPS) is 14.5. The van der Waals surface area contributed by atoms with E-state index in [2.05, 4.69) is 92.6 Å². The third kappa shape index (κ3) is 3.69. The van der Waals surface area contributed by atoms with Crippen LogP contribution >= 0.6 is 11.8 Å². The van der Waals surface area contributed by atoms with E-state index in [1.54, 1.807) is 0 Å². The van der Waals surface area contributed by atoms with Gasteiger partial charge >= 0.3 is 0 Å². The fraction of sp³-hybridized carbons (Fsp3) is 0.292. The van der Waals surface area contributed by atoms with Gasteiger partial charge in [-0.1, -0.05) is 23.4 Å². The zero-order valence-corrected chi connectivity index (χ0v) is 20.2. The van der Waals surface area contributed by atoms with Gasteiger partial charge in [0.1, 0.15) is 6.54 Å². The van der Waals surface area contributed by atoms with Gasteiger partial charge in [-0.3, -0.25) is 0 Å². The van der Waals surface area contributed by atoms with Crippen molar-refractivity contribution in [2.24, 2.45) is 0 Å². The second kappa shape index (κ2) is 8.46. The molecule has 2 heterocycles. The van der Waals surface area contributed by atoms with Gasteiger partial charge in [0, 0.05) is 35.0 Å². The summed E-state index contributed by atoms with van der Waals surface area (Å²) < 4.78 is 2.41. The lowest BCUT2D eigenvalue weighted by Gasteiger charge is -2.18. The Morgan fingerprint density at radius 3 is 2.43 bits per heavy atom. The quantitative estimate of drug-likeness (QED) is 0.402. The van der Waals surface area contributed by atoms with Crippen molar-refractivity contribution in [2.45, 2.75) is 46.1 Å². The van der Waals surface area contributed by atoms with Crippen LogP contribution in [0.25, 0.3) is 17.0 Å². The first-order valence-corrected chi connectivity index (χ1v) is 10.5. The molecule has 1 aliphatic heterocycles. The number of anilines is 1. The maximum absolute atomic E-state index is 2.44.